The summed E-state index contributed by atoms with van der Waals surface area (Å²) >= 11 is 6.90. The molecule has 1 aliphatic rings. The summed E-state index contributed by atoms with van der Waals surface area (Å²) in [6.07, 6.45) is 2.52. The molecule has 0 radical (unpaired) electrons. The number of amides is 2. The molecule has 2 amide bonds. The number of imide groups is 1. The molecule has 1 saturated heterocycles. The number of carbonyl (C=O) groups is 2. The van der Waals surface area contributed by atoms with Crippen LogP contribution >= 0.6 is 23.4 Å². The Bertz CT molecular complexity index is 1190. The molecule has 0 saturated carbocycles. The largest absolute Gasteiger partial charge is 0.493 e. The molecule has 0 atom stereocenters. The van der Waals surface area contributed by atoms with Crippen LogP contribution in [0.1, 0.15) is 24.5 Å². The van der Waals surface area contributed by atoms with Crippen LogP contribution < -0.4 is 4.74 Å². The first-order chi connectivity index (χ1) is 15.0. The van der Waals surface area contributed by atoms with Gasteiger partial charge in [-0.3, -0.25) is 14.5 Å². The molecule has 0 aliphatic carbocycles. The lowest BCUT2D eigenvalue weighted by Crippen LogP contribution is -2.28. The minimum Gasteiger partial charge on any atom is -0.493 e. The second-order valence-electron chi connectivity index (χ2n) is 7.02. The molecule has 4 nitrogen and oxygen atoms in total. The molecule has 3 aromatic carbocycles. The van der Waals surface area contributed by atoms with E-state index in [-0.39, 0.29) is 22.0 Å². The Kier molecular flexibility index (Phi) is 6.30. The van der Waals surface area contributed by atoms with Gasteiger partial charge in [0.05, 0.1) is 18.1 Å². The maximum Gasteiger partial charge on any atom is 0.293 e. The maximum atomic E-state index is 14.2. The van der Waals surface area contributed by atoms with Gasteiger partial charge in [0.25, 0.3) is 11.1 Å². The number of benzene rings is 3. The van der Waals surface area contributed by atoms with Crippen molar-refractivity contribution in [2.75, 3.05) is 6.61 Å². The number of carbonyl (C=O) groups excluding carboxylic acids is 2. The highest BCUT2D eigenvalue weighted by Gasteiger charge is 2.36. The molecule has 1 heterocycles. The second kappa shape index (κ2) is 9.12. The van der Waals surface area contributed by atoms with E-state index in [0.29, 0.717) is 12.4 Å². The van der Waals surface area contributed by atoms with Crippen molar-refractivity contribution in [3.63, 3.8) is 0 Å². The predicted molar refractivity (Wildman–Crippen MR) is 123 cm³/mol. The SMILES string of the molecule is CCCOc1ccc2ccccc2c1/C=C1/SC(=O)N(Cc2c(F)cccc2Cl)C1=O. The molecule has 1 aliphatic heterocycles. The molecular formula is C24H19ClFNO3S. The first-order valence-electron chi connectivity index (χ1n) is 9.82. The summed E-state index contributed by atoms with van der Waals surface area (Å²) in [5.74, 6) is -0.395. The van der Waals surface area contributed by atoms with Crippen molar-refractivity contribution in [2.45, 2.75) is 19.9 Å². The third-order valence-electron chi connectivity index (χ3n) is 4.92. The predicted octanol–water partition coefficient (Wildman–Crippen LogP) is 6.66. The van der Waals surface area contributed by atoms with E-state index in [2.05, 4.69) is 0 Å². The van der Waals surface area contributed by atoms with E-state index >= 15 is 0 Å². The summed E-state index contributed by atoms with van der Waals surface area (Å²) in [5, 5.41) is 1.62. The lowest BCUT2D eigenvalue weighted by Gasteiger charge is -2.14. The zero-order valence-corrected chi connectivity index (χ0v) is 18.3. The zero-order valence-electron chi connectivity index (χ0n) is 16.7. The van der Waals surface area contributed by atoms with Crippen molar-refractivity contribution >= 4 is 51.4 Å². The Labute approximate surface area is 188 Å². The van der Waals surface area contributed by atoms with Crippen LogP contribution in [-0.4, -0.2) is 22.7 Å². The summed E-state index contributed by atoms with van der Waals surface area (Å²) in [6.45, 7) is 2.33. The van der Waals surface area contributed by atoms with E-state index in [1.165, 1.54) is 18.2 Å². The second-order valence-corrected chi connectivity index (χ2v) is 8.42. The van der Waals surface area contributed by atoms with Gasteiger partial charge in [-0.1, -0.05) is 54.9 Å². The summed E-state index contributed by atoms with van der Waals surface area (Å²) in [7, 11) is 0. The number of halogens is 2. The van der Waals surface area contributed by atoms with E-state index in [1.54, 1.807) is 6.08 Å². The number of hydrogen-bond acceptors (Lipinski definition) is 4. The zero-order chi connectivity index (χ0) is 22.0. The fourth-order valence-corrected chi connectivity index (χ4v) is 4.41. The maximum absolute atomic E-state index is 14.2. The fourth-order valence-electron chi connectivity index (χ4n) is 3.37. The van der Waals surface area contributed by atoms with Crippen LogP contribution in [0.3, 0.4) is 0 Å². The fraction of sp³-hybridized carbons (Fsp3) is 0.167. The number of hydrogen-bond donors (Lipinski definition) is 0. The van der Waals surface area contributed by atoms with Gasteiger partial charge in [-0.25, -0.2) is 4.39 Å². The lowest BCUT2D eigenvalue weighted by molar-refractivity contribution is -0.123. The van der Waals surface area contributed by atoms with Crippen LogP contribution in [0, 0.1) is 5.82 Å². The average Bonchev–Trinajstić information content (AvgIpc) is 3.03. The van der Waals surface area contributed by atoms with Crippen molar-refractivity contribution in [2.24, 2.45) is 0 Å². The van der Waals surface area contributed by atoms with Gasteiger partial charge in [0.2, 0.25) is 0 Å². The topological polar surface area (TPSA) is 46.6 Å². The van der Waals surface area contributed by atoms with Crippen LogP contribution in [0.15, 0.2) is 59.5 Å². The quantitative estimate of drug-likeness (QED) is 0.390. The van der Waals surface area contributed by atoms with Crippen molar-refractivity contribution in [3.05, 3.63) is 81.5 Å². The molecule has 1 fully saturated rings. The monoisotopic (exact) mass is 455 g/mol. The van der Waals surface area contributed by atoms with Gasteiger partial charge in [-0.05, 0) is 53.2 Å². The Hall–Kier alpha value is -2.83. The standard InChI is InChI=1S/C24H19ClFNO3S/c1-2-12-30-21-11-10-15-6-3-4-7-16(15)17(21)13-22-23(28)27(24(29)31-22)14-18-19(25)8-5-9-20(18)26/h3-11,13H,2,12,14H2,1H3/b22-13+. The summed E-state index contributed by atoms with van der Waals surface area (Å²) in [6, 6.07) is 15.9. The normalized spacial score (nSPS) is 15.3. The van der Waals surface area contributed by atoms with Crippen LogP contribution in [-0.2, 0) is 11.3 Å². The average molecular weight is 456 g/mol. The van der Waals surface area contributed by atoms with Gasteiger partial charge in [-0.15, -0.1) is 0 Å². The number of rotatable bonds is 6. The third kappa shape index (κ3) is 4.31. The smallest absolute Gasteiger partial charge is 0.293 e. The summed E-state index contributed by atoms with van der Waals surface area (Å²) in [4.78, 5) is 26.9. The minimum absolute atomic E-state index is 0.116. The molecule has 0 unspecified atom stereocenters. The number of thioether (sulfide) groups is 1. The van der Waals surface area contributed by atoms with Gasteiger partial charge in [-0.2, -0.15) is 0 Å². The molecular weight excluding hydrogens is 437 g/mol. The van der Waals surface area contributed by atoms with E-state index < -0.39 is 17.0 Å². The summed E-state index contributed by atoms with van der Waals surface area (Å²) in [5.41, 5.74) is 0.853. The van der Waals surface area contributed by atoms with Gasteiger partial charge in [0.1, 0.15) is 11.6 Å². The first kappa shape index (κ1) is 21.4. The van der Waals surface area contributed by atoms with Gasteiger partial charge < -0.3 is 4.74 Å². The lowest BCUT2D eigenvalue weighted by atomic mass is 10.0. The molecule has 3 aromatic rings. The Morgan fingerprint density at radius 1 is 1.10 bits per heavy atom. The van der Waals surface area contributed by atoms with Crippen molar-refractivity contribution in [1.82, 2.24) is 4.90 Å². The first-order valence-corrected chi connectivity index (χ1v) is 11.0. The Balaban J connectivity index is 1.72. The number of ether oxygens (including phenoxy) is 1. The highest BCUT2D eigenvalue weighted by atomic mass is 35.5. The molecule has 31 heavy (non-hydrogen) atoms. The number of nitrogens with zero attached hydrogens (tertiary/aromatic N) is 1. The Morgan fingerprint density at radius 2 is 1.90 bits per heavy atom. The van der Waals surface area contributed by atoms with Crippen molar-refractivity contribution in [1.29, 1.82) is 0 Å². The minimum atomic E-state index is -0.556. The van der Waals surface area contributed by atoms with E-state index in [0.717, 1.165) is 39.4 Å². The highest BCUT2D eigenvalue weighted by molar-refractivity contribution is 8.18. The molecule has 158 valence electrons. The van der Waals surface area contributed by atoms with Crippen LogP contribution in [0.2, 0.25) is 5.02 Å². The molecule has 0 bridgehead atoms. The molecule has 0 spiro atoms. The van der Waals surface area contributed by atoms with E-state index in [4.69, 9.17) is 16.3 Å². The molecule has 0 aromatic heterocycles. The van der Waals surface area contributed by atoms with Gasteiger partial charge in [0, 0.05) is 16.1 Å². The third-order valence-corrected chi connectivity index (χ3v) is 6.18. The molecule has 4 rings (SSSR count). The Morgan fingerprint density at radius 3 is 2.68 bits per heavy atom. The summed E-state index contributed by atoms with van der Waals surface area (Å²) < 4.78 is 20.1. The van der Waals surface area contributed by atoms with Crippen molar-refractivity contribution in [3.8, 4) is 5.75 Å². The van der Waals surface area contributed by atoms with Gasteiger partial charge in [0.15, 0.2) is 0 Å². The molecule has 7 heteroatoms. The van der Waals surface area contributed by atoms with Crippen LogP contribution in [0.4, 0.5) is 9.18 Å². The van der Waals surface area contributed by atoms with Gasteiger partial charge >= 0.3 is 0 Å². The van der Waals surface area contributed by atoms with Crippen LogP contribution in [0.5, 0.6) is 5.75 Å². The van der Waals surface area contributed by atoms with Crippen LogP contribution in [0.25, 0.3) is 16.8 Å². The van der Waals surface area contributed by atoms with E-state index in [9.17, 15) is 14.0 Å². The highest BCUT2D eigenvalue weighted by Crippen LogP contribution is 2.38. The van der Waals surface area contributed by atoms with Crippen molar-refractivity contribution < 1.29 is 18.7 Å². The van der Waals surface area contributed by atoms with E-state index in [1.807, 2.05) is 43.3 Å². The number of fused-ring (bicyclic) bond motifs is 1. The molecule has 0 N–H and O–H groups in total.